The molecule has 166 valence electrons. The first kappa shape index (κ1) is 22.0. The van der Waals surface area contributed by atoms with Crippen molar-refractivity contribution in [3.63, 3.8) is 0 Å². The van der Waals surface area contributed by atoms with E-state index < -0.39 is 0 Å². The van der Waals surface area contributed by atoms with Crippen molar-refractivity contribution < 1.29 is 18.7 Å². The summed E-state index contributed by atoms with van der Waals surface area (Å²) in [5.74, 6) is 0.0771. The first-order chi connectivity index (χ1) is 15.5. The number of fused-ring (bicyclic) bond motifs is 1. The van der Waals surface area contributed by atoms with Crippen LogP contribution in [0.4, 0.5) is 4.39 Å². The Morgan fingerprint density at radius 3 is 2.53 bits per heavy atom. The van der Waals surface area contributed by atoms with E-state index in [9.17, 15) is 14.0 Å². The number of carbonyl (C=O) groups excluding carboxylic acids is 2. The average molecular weight is 435 g/mol. The molecule has 0 aromatic heterocycles. The van der Waals surface area contributed by atoms with Crippen molar-refractivity contribution in [2.45, 2.75) is 32.5 Å². The van der Waals surface area contributed by atoms with Crippen LogP contribution in [0.15, 0.2) is 60.7 Å². The molecule has 4 rings (SSSR count). The number of aldehydes is 1. The lowest BCUT2D eigenvalue weighted by Crippen LogP contribution is -2.58. The monoisotopic (exact) mass is 434 g/mol. The van der Waals surface area contributed by atoms with Crippen molar-refractivity contribution in [3.8, 4) is 5.75 Å². The summed E-state index contributed by atoms with van der Waals surface area (Å²) in [6, 6.07) is 18.0. The second-order valence-electron chi connectivity index (χ2n) is 8.41. The molecule has 1 amide bonds. The van der Waals surface area contributed by atoms with Gasteiger partial charge in [0.2, 0.25) is 0 Å². The molecule has 6 heteroatoms. The fraction of sp³-hybridized carbons (Fsp3) is 0.308. The smallest absolute Gasteiger partial charge is 0.260 e. The zero-order chi connectivity index (χ0) is 22.7. The van der Waals surface area contributed by atoms with Gasteiger partial charge in [-0.1, -0.05) is 42.5 Å². The molecule has 5 nitrogen and oxygen atoms in total. The highest BCUT2D eigenvalue weighted by Gasteiger charge is 2.32. The molecule has 1 heterocycles. The number of nitrogens with zero attached hydrogens (tertiary/aromatic N) is 2. The molecule has 3 aromatic rings. The van der Waals surface area contributed by atoms with Gasteiger partial charge < -0.3 is 9.64 Å². The van der Waals surface area contributed by atoms with Gasteiger partial charge in [0, 0.05) is 31.7 Å². The van der Waals surface area contributed by atoms with Crippen LogP contribution in [0.5, 0.6) is 5.75 Å². The molecule has 2 atom stereocenters. The normalized spacial score (nSPS) is 19.2. The fourth-order valence-electron chi connectivity index (χ4n) is 4.34. The van der Waals surface area contributed by atoms with E-state index in [-0.39, 0.29) is 30.4 Å². The minimum absolute atomic E-state index is 0.0184. The lowest BCUT2D eigenvalue weighted by atomic mass is 10.0. The van der Waals surface area contributed by atoms with Crippen molar-refractivity contribution >= 4 is 23.0 Å². The Labute approximate surface area is 187 Å². The zero-order valence-corrected chi connectivity index (χ0v) is 18.3. The summed E-state index contributed by atoms with van der Waals surface area (Å²) in [5, 5.41) is 1.76. The summed E-state index contributed by atoms with van der Waals surface area (Å²) in [7, 11) is 0. The van der Waals surface area contributed by atoms with Crippen LogP contribution in [0.2, 0.25) is 0 Å². The number of ether oxygens (including phenoxy) is 1. The SMILES string of the molecule is C[C@@H]1CN(C(=O)COc2ccc3ccccc3c2C=O)[C@@H](C)CN1Cc1ccc(F)cc1. The highest BCUT2D eigenvalue weighted by molar-refractivity contribution is 6.00. The van der Waals surface area contributed by atoms with Gasteiger partial charge in [0.15, 0.2) is 12.9 Å². The first-order valence-electron chi connectivity index (χ1n) is 10.8. The summed E-state index contributed by atoms with van der Waals surface area (Å²) in [4.78, 5) is 28.8. The third-order valence-corrected chi connectivity index (χ3v) is 6.13. The number of hydrogen-bond donors (Lipinski definition) is 0. The third-order valence-electron chi connectivity index (χ3n) is 6.13. The quantitative estimate of drug-likeness (QED) is 0.543. The van der Waals surface area contributed by atoms with Gasteiger partial charge in [0.25, 0.3) is 5.91 Å². The molecule has 1 saturated heterocycles. The highest BCUT2D eigenvalue weighted by Crippen LogP contribution is 2.27. The Morgan fingerprint density at radius 1 is 1.03 bits per heavy atom. The summed E-state index contributed by atoms with van der Waals surface area (Å²) in [6.45, 7) is 6.01. The molecular weight excluding hydrogens is 407 g/mol. The van der Waals surface area contributed by atoms with Gasteiger partial charge in [0.05, 0.1) is 5.56 Å². The van der Waals surface area contributed by atoms with E-state index in [1.54, 1.807) is 18.2 Å². The fourth-order valence-corrected chi connectivity index (χ4v) is 4.34. The van der Waals surface area contributed by atoms with E-state index in [0.717, 1.165) is 29.2 Å². The molecule has 0 unspecified atom stereocenters. The Balaban J connectivity index is 1.39. The standard InChI is InChI=1S/C26H27FN2O3/c1-18-14-29(19(2)13-28(18)15-20-7-10-22(27)11-8-20)26(31)17-32-25-12-9-21-5-3-4-6-23(21)24(25)16-30/h3-12,16,18-19H,13-15,17H2,1-2H3/t18-,19+/m1/s1. The molecule has 0 bridgehead atoms. The van der Waals surface area contributed by atoms with Crippen LogP contribution in [0.1, 0.15) is 29.8 Å². The Hall–Kier alpha value is -3.25. The maximum atomic E-state index is 13.2. The van der Waals surface area contributed by atoms with Crippen LogP contribution in [-0.2, 0) is 11.3 Å². The highest BCUT2D eigenvalue weighted by atomic mass is 19.1. The molecule has 0 aliphatic carbocycles. The van der Waals surface area contributed by atoms with Crippen molar-refractivity contribution in [2.75, 3.05) is 19.7 Å². The Morgan fingerprint density at radius 2 is 1.78 bits per heavy atom. The Kier molecular flexibility index (Phi) is 6.51. The van der Waals surface area contributed by atoms with Crippen LogP contribution in [0, 0.1) is 5.82 Å². The van der Waals surface area contributed by atoms with Crippen molar-refractivity contribution in [2.24, 2.45) is 0 Å². The van der Waals surface area contributed by atoms with Crippen LogP contribution in [-0.4, -0.2) is 53.8 Å². The van der Waals surface area contributed by atoms with Gasteiger partial charge in [-0.25, -0.2) is 4.39 Å². The van der Waals surface area contributed by atoms with E-state index in [4.69, 9.17) is 4.74 Å². The number of benzene rings is 3. The zero-order valence-electron chi connectivity index (χ0n) is 18.3. The lowest BCUT2D eigenvalue weighted by Gasteiger charge is -2.44. The van der Waals surface area contributed by atoms with Crippen molar-refractivity contribution in [1.29, 1.82) is 0 Å². The summed E-state index contributed by atoms with van der Waals surface area (Å²) >= 11 is 0. The number of carbonyl (C=O) groups is 2. The molecule has 1 fully saturated rings. The Bertz CT molecular complexity index is 1120. The van der Waals surface area contributed by atoms with Gasteiger partial charge in [-0.2, -0.15) is 0 Å². The van der Waals surface area contributed by atoms with E-state index >= 15 is 0 Å². The minimum atomic E-state index is -0.241. The van der Waals surface area contributed by atoms with Gasteiger partial charge >= 0.3 is 0 Å². The van der Waals surface area contributed by atoms with Gasteiger partial charge in [-0.3, -0.25) is 14.5 Å². The summed E-state index contributed by atoms with van der Waals surface area (Å²) in [6.07, 6.45) is 0.779. The minimum Gasteiger partial charge on any atom is -0.483 e. The second-order valence-corrected chi connectivity index (χ2v) is 8.41. The summed E-state index contributed by atoms with van der Waals surface area (Å²) < 4.78 is 19.0. The van der Waals surface area contributed by atoms with E-state index in [0.29, 0.717) is 24.4 Å². The van der Waals surface area contributed by atoms with Crippen LogP contribution < -0.4 is 4.74 Å². The molecule has 1 aliphatic rings. The molecule has 32 heavy (non-hydrogen) atoms. The maximum absolute atomic E-state index is 13.2. The predicted molar refractivity (Wildman–Crippen MR) is 122 cm³/mol. The van der Waals surface area contributed by atoms with E-state index in [2.05, 4.69) is 11.8 Å². The van der Waals surface area contributed by atoms with Crippen LogP contribution in [0.25, 0.3) is 10.8 Å². The lowest BCUT2D eigenvalue weighted by molar-refractivity contribution is -0.139. The van der Waals surface area contributed by atoms with Gasteiger partial charge in [-0.15, -0.1) is 0 Å². The first-order valence-corrected chi connectivity index (χ1v) is 10.8. The molecule has 0 N–H and O–H groups in total. The van der Waals surface area contributed by atoms with Crippen molar-refractivity contribution in [1.82, 2.24) is 9.80 Å². The molecule has 0 saturated carbocycles. The molecule has 0 spiro atoms. The predicted octanol–water partition coefficient (Wildman–Crippen LogP) is 4.29. The topological polar surface area (TPSA) is 49.9 Å². The second kappa shape index (κ2) is 9.49. The van der Waals surface area contributed by atoms with Crippen LogP contribution >= 0.6 is 0 Å². The number of rotatable bonds is 6. The average Bonchev–Trinajstić information content (AvgIpc) is 2.80. The van der Waals surface area contributed by atoms with Gasteiger partial charge in [-0.05, 0) is 48.4 Å². The molecular formula is C26H27FN2O3. The van der Waals surface area contributed by atoms with E-state index in [1.165, 1.54) is 12.1 Å². The largest absolute Gasteiger partial charge is 0.483 e. The maximum Gasteiger partial charge on any atom is 0.260 e. The molecule has 1 aliphatic heterocycles. The van der Waals surface area contributed by atoms with Gasteiger partial charge in [0.1, 0.15) is 11.6 Å². The third kappa shape index (κ3) is 4.65. The summed E-state index contributed by atoms with van der Waals surface area (Å²) in [5.41, 5.74) is 1.51. The number of piperazine rings is 1. The van der Waals surface area contributed by atoms with Crippen molar-refractivity contribution in [3.05, 3.63) is 77.6 Å². The molecule has 0 radical (unpaired) electrons. The molecule has 3 aromatic carbocycles. The van der Waals surface area contributed by atoms with E-state index in [1.807, 2.05) is 42.2 Å². The number of amides is 1. The number of hydrogen-bond acceptors (Lipinski definition) is 4. The van der Waals surface area contributed by atoms with Crippen LogP contribution in [0.3, 0.4) is 0 Å². The number of halogens is 1.